The Hall–Kier alpha value is -3.28. The van der Waals surface area contributed by atoms with Gasteiger partial charge in [0.25, 0.3) is 11.8 Å². The van der Waals surface area contributed by atoms with Crippen molar-refractivity contribution in [2.75, 3.05) is 32.2 Å². The number of rotatable bonds is 5. The Bertz CT molecular complexity index is 1040. The minimum Gasteiger partial charge on any atom is -0.497 e. The number of nitrogens with zero attached hydrogens (tertiary/aromatic N) is 2. The zero-order valence-electron chi connectivity index (χ0n) is 18.5. The third-order valence-corrected chi connectivity index (χ3v) is 6.00. The zero-order valence-corrected chi connectivity index (χ0v) is 18.5. The van der Waals surface area contributed by atoms with Crippen LogP contribution in [0.3, 0.4) is 0 Å². The van der Waals surface area contributed by atoms with E-state index in [4.69, 9.17) is 9.47 Å². The fraction of sp³-hybridized carbons (Fsp3) is 0.360. The van der Waals surface area contributed by atoms with Crippen molar-refractivity contribution in [3.63, 3.8) is 0 Å². The second-order valence-corrected chi connectivity index (χ2v) is 8.27. The number of imide groups is 1. The summed E-state index contributed by atoms with van der Waals surface area (Å²) in [6.45, 7) is 5.70. The van der Waals surface area contributed by atoms with Crippen LogP contribution in [0.4, 0.5) is 5.69 Å². The highest BCUT2D eigenvalue weighted by atomic mass is 16.5. The lowest BCUT2D eigenvalue weighted by Gasteiger charge is -2.33. The van der Waals surface area contributed by atoms with Crippen LogP contribution in [0.25, 0.3) is 5.57 Å². The van der Waals surface area contributed by atoms with E-state index in [0.717, 1.165) is 37.1 Å². The van der Waals surface area contributed by atoms with E-state index >= 15 is 0 Å². The van der Waals surface area contributed by atoms with Crippen LogP contribution in [0.1, 0.15) is 30.9 Å². The molecule has 0 spiro atoms. The van der Waals surface area contributed by atoms with Gasteiger partial charge in [-0.2, -0.15) is 0 Å². The fourth-order valence-electron chi connectivity index (χ4n) is 4.37. The quantitative estimate of drug-likeness (QED) is 0.684. The molecule has 4 rings (SSSR count). The number of likely N-dealkylation sites (tertiary alicyclic amines) is 1. The minimum atomic E-state index is -0.339. The molecule has 2 aliphatic rings. The maximum atomic E-state index is 13.7. The highest BCUT2D eigenvalue weighted by molar-refractivity contribution is 6.45. The summed E-state index contributed by atoms with van der Waals surface area (Å²) in [6.07, 6.45) is 2.12. The van der Waals surface area contributed by atoms with E-state index in [9.17, 15) is 9.59 Å². The molecule has 0 radical (unpaired) electrons. The molecule has 1 atom stereocenters. The molecular weight excluding hydrogens is 392 g/mol. The number of hydrogen-bond acceptors (Lipinski definition) is 5. The summed E-state index contributed by atoms with van der Waals surface area (Å²) < 4.78 is 10.8. The number of methoxy groups -OCH3 is 2. The number of carbonyl (C=O) groups is 2. The van der Waals surface area contributed by atoms with Gasteiger partial charge in [0, 0.05) is 19.2 Å². The van der Waals surface area contributed by atoms with Crippen molar-refractivity contribution in [2.24, 2.45) is 5.92 Å². The molecule has 2 heterocycles. The predicted octanol–water partition coefficient (Wildman–Crippen LogP) is 4.03. The van der Waals surface area contributed by atoms with Crippen molar-refractivity contribution < 1.29 is 19.1 Å². The van der Waals surface area contributed by atoms with Crippen molar-refractivity contribution in [2.45, 2.75) is 26.7 Å². The summed E-state index contributed by atoms with van der Waals surface area (Å²) >= 11 is 0. The monoisotopic (exact) mass is 420 g/mol. The molecule has 162 valence electrons. The molecule has 2 aromatic rings. The first kappa shape index (κ1) is 21.0. The lowest BCUT2D eigenvalue weighted by atomic mass is 9.97. The smallest absolute Gasteiger partial charge is 0.282 e. The summed E-state index contributed by atoms with van der Waals surface area (Å²) in [4.78, 5) is 30.8. The molecule has 6 heteroatoms. The molecule has 31 heavy (non-hydrogen) atoms. The Morgan fingerprint density at radius 2 is 1.71 bits per heavy atom. The normalized spacial score (nSPS) is 19.3. The Kier molecular flexibility index (Phi) is 5.72. The van der Waals surface area contributed by atoms with E-state index in [1.54, 1.807) is 25.3 Å². The molecular formula is C25H28N2O4. The van der Waals surface area contributed by atoms with Crippen molar-refractivity contribution in [3.05, 3.63) is 59.3 Å². The lowest BCUT2D eigenvalue weighted by molar-refractivity contribution is -0.120. The summed E-state index contributed by atoms with van der Waals surface area (Å²) in [7, 11) is 3.08. The van der Waals surface area contributed by atoms with Crippen LogP contribution < -0.4 is 14.4 Å². The van der Waals surface area contributed by atoms with E-state index in [2.05, 4.69) is 11.8 Å². The molecule has 1 fully saturated rings. The van der Waals surface area contributed by atoms with Gasteiger partial charge in [-0.1, -0.05) is 36.8 Å². The Balaban J connectivity index is 1.86. The molecule has 0 aromatic heterocycles. The second kappa shape index (κ2) is 8.46. The van der Waals surface area contributed by atoms with Crippen molar-refractivity contribution in [1.82, 2.24) is 4.90 Å². The van der Waals surface area contributed by atoms with Gasteiger partial charge < -0.3 is 14.4 Å². The average Bonchev–Trinajstić information content (AvgIpc) is 3.03. The van der Waals surface area contributed by atoms with E-state index in [1.165, 1.54) is 12.0 Å². The molecule has 2 aromatic carbocycles. The maximum Gasteiger partial charge on any atom is 0.282 e. The van der Waals surface area contributed by atoms with Gasteiger partial charge in [-0.05, 0) is 43.4 Å². The summed E-state index contributed by atoms with van der Waals surface area (Å²) in [5.41, 5.74) is 3.16. The van der Waals surface area contributed by atoms with Crippen LogP contribution in [-0.4, -0.2) is 44.0 Å². The number of ether oxygens (including phenoxy) is 2. The summed E-state index contributed by atoms with van der Waals surface area (Å²) in [5, 5.41) is 0. The average molecular weight is 421 g/mol. The van der Waals surface area contributed by atoms with Crippen LogP contribution in [0.5, 0.6) is 11.5 Å². The molecule has 0 N–H and O–H groups in total. The third kappa shape index (κ3) is 3.78. The van der Waals surface area contributed by atoms with Crippen molar-refractivity contribution >= 4 is 23.1 Å². The number of piperidine rings is 1. The topological polar surface area (TPSA) is 59.1 Å². The van der Waals surface area contributed by atoms with Crippen LogP contribution in [-0.2, 0) is 9.59 Å². The van der Waals surface area contributed by atoms with Gasteiger partial charge in [-0.3, -0.25) is 9.59 Å². The molecule has 6 nitrogen and oxygen atoms in total. The Morgan fingerprint density at radius 3 is 2.35 bits per heavy atom. The first-order valence-corrected chi connectivity index (χ1v) is 10.6. The SMILES string of the molecule is COc1ccc(OC)c(N2C(=O)C(c3ccc(C)cc3)=C(N3CCCC(C)C3)C2=O)c1. The van der Waals surface area contributed by atoms with Crippen LogP contribution >= 0.6 is 0 Å². The number of amides is 2. The Morgan fingerprint density at radius 1 is 0.968 bits per heavy atom. The summed E-state index contributed by atoms with van der Waals surface area (Å²) in [5.74, 6) is 0.797. The van der Waals surface area contributed by atoms with E-state index in [1.807, 2.05) is 31.2 Å². The highest BCUT2D eigenvalue weighted by Crippen LogP contribution is 2.41. The highest BCUT2D eigenvalue weighted by Gasteiger charge is 2.44. The largest absolute Gasteiger partial charge is 0.497 e. The van der Waals surface area contributed by atoms with E-state index < -0.39 is 0 Å². The molecule has 0 saturated carbocycles. The summed E-state index contributed by atoms with van der Waals surface area (Å²) in [6, 6.07) is 12.9. The fourth-order valence-corrected chi connectivity index (χ4v) is 4.37. The van der Waals surface area contributed by atoms with Crippen molar-refractivity contribution in [1.29, 1.82) is 0 Å². The van der Waals surface area contributed by atoms with Gasteiger partial charge in [-0.15, -0.1) is 0 Å². The third-order valence-electron chi connectivity index (χ3n) is 6.00. The second-order valence-electron chi connectivity index (χ2n) is 8.27. The van der Waals surface area contributed by atoms with Gasteiger partial charge >= 0.3 is 0 Å². The van der Waals surface area contributed by atoms with Gasteiger partial charge in [0.2, 0.25) is 0 Å². The first-order valence-electron chi connectivity index (χ1n) is 10.6. The van der Waals surface area contributed by atoms with Gasteiger partial charge in [0.1, 0.15) is 17.2 Å². The van der Waals surface area contributed by atoms with Crippen LogP contribution in [0.2, 0.25) is 0 Å². The predicted molar refractivity (Wildman–Crippen MR) is 120 cm³/mol. The standard InChI is InChI=1S/C25H28N2O4/c1-16-7-9-18(10-8-16)22-23(26-13-5-6-17(2)15-26)25(29)27(24(22)28)20-14-19(30-3)11-12-21(20)31-4/h7-12,14,17H,5-6,13,15H2,1-4H3. The van der Waals surface area contributed by atoms with Gasteiger partial charge in [0.05, 0.1) is 25.5 Å². The number of carbonyl (C=O) groups excluding carboxylic acids is 2. The number of anilines is 1. The zero-order chi connectivity index (χ0) is 22.1. The number of aryl methyl sites for hydroxylation is 1. The maximum absolute atomic E-state index is 13.7. The van der Waals surface area contributed by atoms with E-state index in [-0.39, 0.29) is 11.8 Å². The van der Waals surface area contributed by atoms with Crippen molar-refractivity contribution in [3.8, 4) is 11.5 Å². The lowest BCUT2D eigenvalue weighted by Crippen LogP contribution is -2.39. The molecule has 2 amide bonds. The van der Waals surface area contributed by atoms with Crippen LogP contribution in [0.15, 0.2) is 48.2 Å². The van der Waals surface area contributed by atoms with Crippen LogP contribution in [0, 0.1) is 12.8 Å². The van der Waals surface area contributed by atoms with E-state index in [0.29, 0.717) is 34.4 Å². The first-order chi connectivity index (χ1) is 14.9. The number of benzene rings is 2. The molecule has 2 aliphatic heterocycles. The van der Waals surface area contributed by atoms with Gasteiger partial charge in [-0.25, -0.2) is 4.90 Å². The Labute approximate surface area is 183 Å². The molecule has 1 unspecified atom stereocenters. The molecule has 1 saturated heterocycles. The number of hydrogen-bond donors (Lipinski definition) is 0. The molecule has 0 aliphatic carbocycles. The minimum absolute atomic E-state index is 0.318. The van der Waals surface area contributed by atoms with Gasteiger partial charge in [0.15, 0.2) is 0 Å². The molecule has 0 bridgehead atoms.